The highest BCUT2D eigenvalue weighted by atomic mass is 19.4. The van der Waals surface area contributed by atoms with Gasteiger partial charge in [-0.25, -0.2) is 0 Å². The van der Waals surface area contributed by atoms with Gasteiger partial charge in [0, 0.05) is 13.1 Å². The van der Waals surface area contributed by atoms with Crippen LogP contribution in [-0.4, -0.2) is 54.4 Å². The van der Waals surface area contributed by atoms with Gasteiger partial charge in [-0.15, -0.1) is 0 Å². The molecule has 0 aliphatic heterocycles. The van der Waals surface area contributed by atoms with Gasteiger partial charge in [-0.3, -0.25) is 9.69 Å². The van der Waals surface area contributed by atoms with Crippen LogP contribution in [0, 0.1) is 0 Å². The van der Waals surface area contributed by atoms with Crippen LogP contribution < -0.4 is 5.32 Å². The quantitative estimate of drug-likeness (QED) is 0.651. The van der Waals surface area contributed by atoms with Crippen molar-refractivity contribution in [3.8, 4) is 0 Å². The number of aliphatic hydroxyl groups is 1. The maximum Gasteiger partial charge on any atom is 0.401 e. The second-order valence-corrected chi connectivity index (χ2v) is 4.13. The van der Waals surface area contributed by atoms with Crippen molar-refractivity contribution in [2.75, 3.05) is 26.2 Å². The zero-order chi connectivity index (χ0) is 14.2. The Bertz CT molecular complexity index is 247. The zero-order valence-electron chi connectivity index (χ0n) is 10.8. The smallest absolute Gasteiger partial charge is 0.395 e. The van der Waals surface area contributed by atoms with Gasteiger partial charge in [-0.05, 0) is 13.3 Å². The van der Waals surface area contributed by atoms with Crippen LogP contribution in [0.1, 0.15) is 26.7 Å². The van der Waals surface area contributed by atoms with Gasteiger partial charge in [0.25, 0.3) is 0 Å². The van der Waals surface area contributed by atoms with E-state index in [4.69, 9.17) is 5.11 Å². The molecule has 1 atom stereocenters. The number of hydrogen-bond donors (Lipinski definition) is 2. The van der Waals surface area contributed by atoms with E-state index in [1.807, 2.05) is 6.92 Å². The number of aliphatic hydroxyl groups excluding tert-OH is 1. The number of carbonyl (C=O) groups excluding carboxylic acids is 1. The topological polar surface area (TPSA) is 52.6 Å². The number of halogens is 3. The lowest BCUT2D eigenvalue weighted by atomic mass is 10.2. The van der Waals surface area contributed by atoms with E-state index in [2.05, 4.69) is 5.32 Å². The summed E-state index contributed by atoms with van der Waals surface area (Å²) in [6, 6.07) is -0.907. The van der Waals surface area contributed by atoms with Crippen LogP contribution in [0.3, 0.4) is 0 Å². The Morgan fingerprint density at radius 2 is 2.06 bits per heavy atom. The standard InChI is InChI=1S/C11H21F3N2O2/c1-3-4-5-15-10(18)9(2)16(6-7-17)8-11(12,13)14/h9,17H,3-8H2,1-2H3,(H,15,18). The summed E-state index contributed by atoms with van der Waals surface area (Å²) >= 11 is 0. The van der Waals surface area contributed by atoms with E-state index >= 15 is 0 Å². The molecule has 0 fully saturated rings. The van der Waals surface area contributed by atoms with Gasteiger partial charge in [0.05, 0.1) is 19.2 Å². The van der Waals surface area contributed by atoms with Gasteiger partial charge < -0.3 is 10.4 Å². The maximum atomic E-state index is 12.3. The first-order chi connectivity index (χ1) is 8.31. The lowest BCUT2D eigenvalue weighted by Crippen LogP contribution is -2.49. The second-order valence-electron chi connectivity index (χ2n) is 4.13. The minimum absolute atomic E-state index is 0.179. The van der Waals surface area contributed by atoms with Gasteiger partial charge in [-0.2, -0.15) is 13.2 Å². The molecule has 0 aromatic carbocycles. The second kappa shape index (κ2) is 8.31. The van der Waals surface area contributed by atoms with E-state index in [1.54, 1.807) is 0 Å². The molecule has 0 radical (unpaired) electrons. The number of hydrogen-bond acceptors (Lipinski definition) is 3. The van der Waals surface area contributed by atoms with Crippen molar-refractivity contribution in [1.29, 1.82) is 0 Å². The highest BCUT2D eigenvalue weighted by Crippen LogP contribution is 2.17. The van der Waals surface area contributed by atoms with Crippen LogP contribution in [0.5, 0.6) is 0 Å². The number of carbonyl (C=O) groups is 1. The lowest BCUT2D eigenvalue weighted by molar-refractivity contribution is -0.155. The number of alkyl halides is 3. The fourth-order valence-corrected chi connectivity index (χ4v) is 1.47. The van der Waals surface area contributed by atoms with Crippen LogP contribution in [0.15, 0.2) is 0 Å². The van der Waals surface area contributed by atoms with Gasteiger partial charge in [0.15, 0.2) is 0 Å². The number of nitrogens with one attached hydrogen (secondary N) is 1. The number of nitrogens with zero attached hydrogens (tertiary/aromatic N) is 1. The normalized spacial score (nSPS) is 13.7. The molecule has 18 heavy (non-hydrogen) atoms. The lowest BCUT2D eigenvalue weighted by Gasteiger charge is -2.28. The third kappa shape index (κ3) is 7.50. The summed E-state index contributed by atoms with van der Waals surface area (Å²) in [4.78, 5) is 12.5. The molecule has 108 valence electrons. The molecule has 4 nitrogen and oxygen atoms in total. The van der Waals surface area contributed by atoms with E-state index in [0.29, 0.717) is 6.54 Å². The molecule has 1 unspecified atom stereocenters. The van der Waals surface area contributed by atoms with E-state index in [9.17, 15) is 18.0 Å². The molecule has 1 amide bonds. The molecule has 0 heterocycles. The van der Waals surface area contributed by atoms with Crippen LogP contribution in [0.25, 0.3) is 0 Å². The van der Waals surface area contributed by atoms with Crippen molar-refractivity contribution in [1.82, 2.24) is 10.2 Å². The molecule has 0 aromatic heterocycles. The SMILES string of the molecule is CCCCNC(=O)C(C)N(CCO)CC(F)(F)F. The van der Waals surface area contributed by atoms with Crippen LogP contribution >= 0.6 is 0 Å². The number of rotatable bonds is 8. The molecule has 0 rings (SSSR count). The Morgan fingerprint density at radius 3 is 2.50 bits per heavy atom. The molecule has 0 spiro atoms. The van der Waals surface area contributed by atoms with Crippen molar-refractivity contribution in [2.24, 2.45) is 0 Å². The molecule has 0 aromatic rings. The fraction of sp³-hybridized carbons (Fsp3) is 0.909. The van der Waals surface area contributed by atoms with Gasteiger partial charge >= 0.3 is 6.18 Å². The highest BCUT2D eigenvalue weighted by Gasteiger charge is 2.34. The summed E-state index contributed by atoms with van der Waals surface area (Å²) in [7, 11) is 0. The first kappa shape index (κ1) is 17.2. The third-order valence-electron chi connectivity index (χ3n) is 2.53. The molecule has 0 saturated carbocycles. The maximum absolute atomic E-state index is 12.3. The summed E-state index contributed by atoms with van der Waals surface area (Å²) in [6.07, 6.45) is -2.69. The first-order valence-electron chi connectivity index (χ1n) is 6.01. The predicted molar refractivity (Wildman–Crippen MR) is 62.1 cm³/mol. The Balaban J connectivity index is 4.35. The molecule has 7 heteroatoms. The van der Waals surface area contributed by atoms with Gasteiger partial charge in [0.2, 0.25) is 5.91 Å². The summed E-state index contributed by atoms with van der Waals surface area (Å²) < 4.78 is 36.9. The molecular weight excluding hydrogens is 249 g/mol. The Morgan fingerprint density at radius 1 is 1.44 bits per heavy atom. The van der Waals surface area contributed by atoms with E-state index in [0.717, 1.165) is 17.7 Å². The Kier molecular flexibility index (Phi) is 7.93. The van der Waals surface area contributed by atoms with Crippen LogP contribution in [0.4, 0.5) is 13.2 Å². The number of unbranched alkanes of at least 4 members (excludes halogenated alkanes) is 1. The average molecular weight is 270 g/mol. The summed E-state index contributed by atoms with van der Waals surface area (Å²) in [6.45, 7) is 2.03. The Labute approximate surface area is 105 Å². The van der Waals surface area contributed by atoms with Crippen molar-refractivity contribution in [3.05, 3.63) is 0 Å². The Hall–Kier alpha value is -0.820. The largest absolute Gasteiger partial charge is 0.401 e. The first-order valence-corrected chi connectivity index (χ1v) is 6.01. The molecule has 2 N–H and O–H groups in total. The molecule has 0 aliphatic carbocycles. The van der Waals surface area contributed by atoms with E-state index in [-0.39, 0.29) is 6.54 Å². The average Bonchev–Trinajstić information content (AvgIpc) is 2.26. The third-order valence-corrected chi connectivity index (χ3v) is 2.53. The molecular formula is C11H21F3N2O2. The predicted octanol–water partition coefficient (Wildman–Crippen LogP) is 1.15. The summed E-state index contributed by atoms with van der Waals surface area (Å²) in [5, 5.41) is 11.3. The van der Waals surface area contributed by atoms with Crippen molar-refractivity contribution >= 4 is 5.91 Å². The summed E-state index contributed by atoms with van der Waals surface area (Å²) in [5.74, 6) is -0.443. The summed E-state index contributed by atoms with van der Waals surface area (Å²) in [5.41, 5.74) is 0. The van der Waals surface area contributed by atoms with Gasteiger partial charge in [0.1, 0.15) is 0 Å². The van der Waals surface area contributed by atoms with E-state index < -0.39 is 31.3 Å². The van der Waals surface area contributed by atoms with Crippen LogP contribution in [0.2, 0.25) is 0 Å². The van der Waals surface area contributed by atoms with Crippen LogP contribution in [-0.2, 0) is 4.79 Å². The molecule has 0 aliphatic rings. The minimum Gasteiger partial charge on any atom is -0.395 e. The van der Waals surface area contributed by atoms with Gasteiger partial charge in [-0.1, -0.05) is 13.3 Å². The molecule has 0 saturated heterocycles. The number of amides is 1. The fourth-order valence-electron chi connectivity index (χ4n) is 1.47. The van der Waals surface area contributed by atoms with E-state index in [1.165, 1.54) is 6.92 Å². The van der Waals surface area contributed by atoms with Crippen molar-refractivity contribution in [2.45, 2.75) is 38.9 Å². The minimum atomic E-state index is -4.38. The highest BCUT2D eigenvalue weighted by molar-refractivity contribution is 5.81. The zero-order valence-corrected chi connectivity index (χ0v) is 10.8. The molecule has 0 bridgehead atoms. The van der Waals surface area contributed by atoms with Crippen molar-refractivity contribution < 1.29 is 23.1 Å². The van der Waals surface area contributed by atoms with Crippen molar-refractivity contribution in [3.63, 3.8) is 0 Å². The monoisotopic (exact) mass is 270 g/mol.